The van der Waals surface area contributed by atoms with Crippen LogP contribution in [0.15, 0.2) is 35.1 Å². The van der Waals surface area contributed by atoms with Crippen LogP contribution in [0.25, 0.3) is 11.3 Å². The fourth-order valence-electron chi connectivity index (χ4n) is 1.61. The number of carbonyl (C=O) groups is 1. The fraction of sp³-hybridized carbons (Fsp3) is 0.154. The third-order valence-corrected chi connectivity index (χ3v) is 2.83. The van der Waals surface area contributed by atoms with Gasteiger partial charge in [-0.2, -0.15) is 5.10 Å². The Morgan fingerprint density at radius 1 is 1.28 bits per heavy atom. The molecule has 0 aliphatic rings. The molecule has 1 aromatic heterocycles. The van der Waals surface area contributed by atoms with E-state index in [0.717, 1.165) is 15.8 Å². The zero-order valence-electron chi connectivity index (χ0n) is 9.98. The van der Waals surface area contributed by atoms with Gasteiger partial charge in [0.1, 0.15) is 5.56 Å². The largest absolute Gasteiger partial charge is 0.278 e. The van der Waals surface area contributed by atoms with Crippen LogP contribution in [0.4, 0.5) is 0 Å². The van der Waals surface area contributed by atoms with E-state index in [9.17, 15) is 9.59 Å². The van der Waals surface area contributed by atoms with Crippen LogP contribution in [0, 0.1) is 6.92 Å². The smallest absolute Gasteiger partial charge is 0.275 e. The first-order valence-corrected chi connectivity index (χ1v) is 5.72. The van der Waals surface area contributed by atoms with E-state index in [0.29, 0.717) is 5.69 Å². The SMILES string of the molecule is Cc1ccc(-c2cc(C(=O)Cl)c(=O)n(C)n2)cc1. The third kappa shape index (κ3) is 2.33. The zero-order chi connectivity index (χ0) is 13.3. The van der Waals surface area contributed by atoms with Gasteiger partial charge in [0, 0.05) is 12.6 Å². The fourth-order valence-corrected chi connectivity index (χ4v) is 1.75. The average Bonchev–Trinajstić information content (AvgIpc) is 2.33. The molecule has 5 heteroatoms. The molecule has 4 nitrogen and oxygen atoms in total. The van der Waals surface area contributed by atoms with Crippen LogP contribution >= 0.6 is 11.6 Å². The highest BCUT2D eigenvalue weighted by molar-refractivity contribution is 6.67. The van der Waals surface area contributed by atoms with Gasteiger partial charge in [-0.1, -0.05) is 29.8 Å². The summed E-state index contributed by atoms with van der Waals surface area (Å²) in [6.07, 6.45) is 0. The molecule has 18 heavy (non-hydrogen) atoms. The number of halogens is 1. The van der Waals surface area contributed by atoms with E-state index in [1.54, 1.807) is 0 Å². The molecule has 2 rings (SSSR count). The van der Waals surface area contributed by atoms with Gasteiger partial charge < -0.3 is 0 Å². The summed E-state index contributed by atoms with van der Waals surface area (Å²) in [5.74, 6) is 0. The first-order chi connectivity index (χ1) is 8.49. The molecular weight excluding hydrogens is 252 g/mol. The highest BCUT2D eigenvalue weighted by Gasteiger charge is 2.12. The van der Waals surface area contributed by atoms with Gasteiger partial charge in [0.05, 0.1) is 5.69 Å². The van der Waals surface area contributed by atoms with Gasteiger partial charge in [0.15, 0.2) is 0 Å². The molecule has 0 aliphatic heterocycles. The summed E-state index contributed by atoms with van der Waals surface area (Å²) in [5.41, 5.74) is 1.93. The summed E-state index contributed by atoms with van der Waals surface area (Å²) >= 11 is 5.39. The van der Waals surface area contributed by atoms with Gasteiger partial charge in [-0.3, -0.25) is 9.59 Å². The Hall–Kier alpha value is -1.94. The molecule has 0 aliphatic carbocycles. The Bertz CT molecular complexity index is 660. The van der Waals surface area contributed by atoms with Crippen LogP contribution in [-0.4, -0.2) is 15.0 Å². The minimum absolute atomic E-state index is 0.0651. The first-order valence-electron chi connectivity index (χ1n) is 5.34. The van der Waals surface area contributed by atoms with Gasteiger partial charge in [0.2, 0.25) is 0 Å². The van der Waals surface area contributed by atoms with E-state index >= 15 is 0 Å². The Morgan fingerprint density at radius 3 is 2.44 bits per heavy atom. The molecule has 0 N–H and O–H groups in total. The van der Waals surface area contributed by atoms with Crippen LogP contribution in [-0.2, 0) is 7.05 Å². The Balaban J connectivity index is 2.62. The summed E-state index contributed by atoms with van der Waals surface area (Å²) in [4.78, 5) is 22.8. The van der Waals surface area contributed by atoms with Crippen molar-refractivity contribution in [1.29, 1.82) is 0 Å². The summed E-state index contributed by atoms with van der Waals surface area (Å²) in [6, 6.07) is 9.05. The van der Waals surface area contributed by atoms with Crippen molar-refractivity contribution in [3.8, 4) is 11.3 Å². The van der Waals surface area contributed by atoms with E-state index < -0.39 is 10.8 Å². The van der Waals surface area contributed by atoms with Crippen LogP contribution in [0.1, 0.15) is 15.9 Å². The lowest BCUT2D eigenvalue weighted by Gasteiger charge is -2.05. The predicted octanol–water partition coefficient (Wildman–Crippen LogP) is 2.13. The van der Waals surface area contributed by atoms with Crippen LogP contribution in [0.3, 0.4) is 0 Å². The van der Waals surface area contributed by atoms with Crippen molar-refractivity contribution in [2.24, 2.45) is 7.05 Å². The van der Waals surface area contributed by atoms with Crippen LogP contribution in [0.2, 0.25) is 0 Å². The normalized spacial score (nSPS) is 10.4. The monoisotopic (exact) mass is 262 g/mol. The number of nitrogens with zero attached hydrogens (tertiary/aromatic N) is 2. The summed E-state index contributed by atoms with van der Waals surface area (Å²) in [7, 11) is 1.49. The van der Waals surface area contributed by atoms with Crippen molar-refractivity contribution in [2.75, 3.05) is 0 Å². The minimum Gasteiger partial charge on any atom is -0.275 e. The van der Waals surface area contributed by atoms with Gasteiger partial charge in [-0.25, -0.2) is 4.68 Å². The van der Waals surface area contributed by atoms with E-state index in [2.05, 4.69) is 5.10 Å². The maximum atomic E-state index is 11.6. The zero-order valence-corrected chi connectivity index (χ0v) is 10.7. The Morgan fingerprint density at radius 2 is 1.89 bits per heavy atom. The average molecular weight is 263 g/mol. The van der Waals surface area contributed by atoms with Crippen LogP contribution < -0.4 is 5.56 Å². The molecule has 2 aromatic rings. The Labute approximate surface area is 109 Å². The molecule has 0 saturated carbocycles. The molecule has 92 valence electrons. The molecule has 0 radical (unpaired) electrons. The van der Waals surface area contributed by atoms with Crippen molar-refractivity contribution in [1.82, 2.24) is 9.78 Å². The molecule has 0 fully saturated rings. The first kappa shape index (κ1) is 12.5. The second-order valence-corrected chi connectivity index (χ2v) is 4.36. The molecule has 0 spiro atoms. The maximum Gasteiger partial charge on any atom is 0.278 e. The summed E-state index contributed by atoms with van der Waals surface area (Å²) < 4.78 is 1.12. The molecule has 0 atom stereocenters. The number of benzene rings is 1. The lowest BCUT2D eigenvalue weighted by Crippen LogP contribution is -2.25. The summed E-state index contributed by atoms with van der Waals surface area (Å²) in [6.45, 7) is 1.98. The third-order valence-electron chi connectivity index (χ3n) is 2.62. The second kappa shape index (κ2) is 4.74. The molecule has 0 unspecified atom stereocenters. The number of aromatic nitrogens is 2. The second-order valence-electron chi connectivity index (χ2n) is 4.01. The molecular formula is C13H11ClN2O2. The lowest BCUT2D eigenvalue weighted by molar-refractivity contribution is 0.107. The topological polar surface area (TPSA) is 52.0 Å². The van der Waals surface area contributed by atoms with Crippen molar-refractivity contribution < 1.29 is 4.79 Å². The maximum absolute atomic E-state index is 11.6. The van der Waals surface area contributed by atoms with E-state index in [4.69, 9.17) is 11.6 Å². The molecule has 1 aromatic carbocycles. The molecule has 0 saturated heterocycles. The van der Waals surface area contributed by atoms with Crippen molar-refractivity contribution in [3.05, 3.63) is 51.8 Å². The highest BCUT2D eigenvalue weighted by atomic mass is 35.5. The number of carbonyl (C=O) groups excluding carboxylic acids is 1. The quantitative estimate of drug-likeness (QED) is 0.779. The lowest BCUT2D eigenvalue weighted by atomic mass is 10.1. The standard InChI is InChI=1S/C13H11ClN2O2/c1-8-3-5-9(6-4-8)11-7-10(12(14)17)13(18)16(2)15-11/h3-7H,1-2H3. The number of hydrogen-bond donors (Lipinski definition) is 0. The van der Waals surface area contributed by atoms with Gasteiger partial charge in [-0.05, 0) is 24.6 Å². The number of rotatable bonds is 2. The minimum atomic E-state index is -0.772. The van der Waals surface area contributed by atoms with E-state index in [1.807, 2.05) is 31.2 Å². The van der Waals surface area contributed by atoms with Crippen molar-refractivity contribution >= 4 is 16.8 Å². The highest BCUT2D eigenvalue weighted by Crippen LogP contribution is 2.17. The van der Waals surface area contributed by atoms with Crippen molar-refractivity contribution in [3.63, 3.8) is 0 Å². The number of hydrogen-bond acceptors (Lipinski definition) is 3. The molecule has 1 heterocycles. The number of aryl methyl sites for hydroxylation is 2. The predicted molar refractivity (Wildman–Crippen MR) is 69.8 cm³/mol. The molecule has 0 bridgehead atoms. The van der Waals surface area contributed by atoms with E-state index in [-0.39, 0.29) is 5.56 Å². The van der Waals surface area contributed by atoms with Gasteiger partial charge in [-0.15, -0.1) is 0 Å². The summed E-state index contributed by atoms with van der Waals surface area (Å²) in [5, 5.41) is 3.34. The van der Waals surface area contributed by atoms with E-state index in [1.165, 1.54) is 13.1 Å². The molecule has 0 amide bonds. The van der Waals surface area contributed by atoms with Crippen LogP contribution in [0.5, 0.6) is 0 Å². The Kier molecular flexibility index (Phi) is 3.30. The van der Waals surface area contributed by atoms with Gasteiger partial charge >= 0.3 is 0 Å². The van der Waals surface area contributed by atoms with Gasteiger partial charge in [0.25, 0.3) is 10.8 Å². The van der Waals surface area contributed by atoms with Crippen molar-refractivity contribution in [2.45, 2.75) is 6.92 Å².